The number of hydrogen-bond donors (Lipinski definition) is 1. The SMILES string of the molecule is CC(C)C[C@@H](NC(=O)Cc1ccccc1F)C(=O)N(C)C. The van der Waals surface area contributed by atoms with E-state index in [9.17, 15) is 14.0 Å². The van der Waals surface area contributed by atoms with E-state index in [1.54, 1.807) is 32.3 Å². The molecular weight excluding hydrogens is 271 g/mol. The van der Waals surface area contributed by atoms with Gasteiger partial charge in [-0.25, -0.2) is 4.39 Å². The number of likely N-dealkylation sites (N-methyl/N-ethyl adjacent to an activating group) is 1. The van der Waals surface area contributed by atoms with Crippen LogP contribution in [0.4, 0.5) is 4.39 Å². The third kappa shape index (κ3) is 5.53. The number of amides is 2. The zero-order chi connectivity index (χ0) is 16.0. The van der Waals surface area contributed by atoms with Crippen LogP contribution in [0.25, 0.3) is 0 Å². The van der Waals surface area contributed by atoms with Crippen LogP contribution in [0.2, 0.25) is 0 Å². The van der Waals surface area contributed by atoms with E-state index >= 15 is 0 Å². The maximum Gasteiger partial charge on any atom is 0.244 e. The fraction of sp³-hybridized carbons (Fsp3) is 0.500. The van der Waals surface area contributed by atoms with E-state index in [1.165, 1.54) is 11.0 Å². The van der Waals surface area contributed by atoms with Crippen molar-refractivity contribution in [3.63, 3.8) is 0 Å². The van der Waals surface area contributed by atoms with Crippen molar-refractivity contribution in [1.82, 2.24) is 10.2 Å². The normalized spacial score (nSPS) is 12.1. The summed E-state index contributed by atoms with van der Waals surface area (Å²) in [6, 6.07) is 5.58. The molecule has 2 amide bonds. The number of rotatable bonds is 6. The minimum Gasteiger partial charge on any atom is -0.347 e. The Morgan fingerprint density at radius 3 is 2.38 bits per heavy atom. The van der Waals surface area contributed by atoms with E-state index in [0.29, 0.717) is 12.0 Å². The molecule has 0 bridgehead atoms. The van der Waals surface area contributed by atoms with Gasteiger partial charge < -0.3 is 10.2 Å². The molecule has 0 aliphatic rings. The molecule has 0 spiro atoms. The zero-order valence-corrected chi connectivity index (χ0v) is 13.0. The molecule has 0 aliphatic heterocycles. The highest BCUT2D eigenvalue weighted by molar-refractivity contribution is 5.88. The van der Waals surface area contributed by atoms with Gasteiger partial charge in [-0.1, -0.05) is 32.0 Å². The first-order chi connectivity index (χ1) is 9.81. The molecule has 0 unspecified atom stereocenters. The van der Waals surface area contributed by atoms with Crippen molar-refractivity contribution in [2.45, 2.75) is 32.7 Å². The van der Waals surface area contributed by atoms with Crippen LogP contribution in [0.3, 0.4) is 0 Å². The Morgan fingerprint density at radius 1 is 1.24 bits per heavy atom. The Kier molecular flexibility index (Phi) is 6.34. The van der Waals surface area contributed by atoms with E-state index in [-0.39, 0.29) is 24.2 Å². The monoisotopic (exact) mass is 294 g/mol. The lowest BCUT2D eigenvalue weighted by atomic mass is 10.0. The molecule has 0 saturated carbocycles. The molecule has 0 aliphatic carbocycles. The van der Waals surface area contributed by atoms with Gasteiger partial charge in [0, 0.05) is 14.1 Å². The Labute approximate surface area is 125 Å². The Morgan fingerprint density at radius 2 is 1.86 bits per heavy atom. The number of benzene rings is 1. The van der Waals surface area contributed by atoms with Gasteiger partial charge in [-0.2, -0.15) is 0 Å². The molecule has 1 aromatic carbocycles. The van der Waals surface area contributed by atoms with Crippen LogP contribution in [-0.2, 0) is 16.0 Å². The summed E-state index contributed by atoms with van der Waals surface area (Å²) >= 11 is 0. The van der Waals surface area contributed by atoms with Crippen molar-refractivity contribution >= 4 is 11.8 Å². The number of carbonyl (C=O) groups is 2. The van der Waals surface area contributed by atoms with Crippen LogP contribution in [0.1, 0.15) is 25.8 Å². The van der Waals surface area contributed by atoms with Crippen molar-refractivity contribution in [3.05, 3.63) is 35.6 Å². The van der Waals surface area contributed by atoms with Gasteiger partial charge in [0.25, 0.3) is 0 Å². The molecule has 1 N–H and O–H groups in total. The van der Waals surface area contributed by atoms with Crippen LogP contribution in [-0.4, -0.2) is 36.9 Å². The van der Waals surface area contributed by atoms with Gasteiger partial charge in [0.1, 0.15) is 11.9 Å². The number of nitrogens with zero attached hydrogens (tertiary/aromatic N) is 1. The standard InChI is InChI=1S/C16H23FN2O2/c1-11(2)9-14(16(21)19(3)4)18-15(20)10-12-7-5-6-8-13(12)17/h5-8,11,14H,9-10H2,1-4H3,(H,18,20)/t14-/m1/s1. The van der Waals surface area contributed by atoms with Gasteiger partial charge >= 0.3 is 0 Å². The van der Waals surface area contributed by atoms with Crippen molar-refractivity contribution in [2.75, 3.05) is 14.1 Å². The molecule has 0 radical (unpaired) electrons. The lowest BCUT2D eigenvalue weighted by Gasteiger charge is -2.23. The maximum absolute atomic E-state index is 13.5. The highest BCUT2D eigenvalue weighted by atomic mass is 19.1. The molecule has 1 aromatic rings. The summed E-state index contributed by atoms with van der Waals surface area (Å²) in [5, 5.41) is 2.71. The number of halogens is 1. The van der Waals surface area contributed by atoms with Gasteiger partial charge in [-0.3, -0.25) is 9.59 Å². The maximum atomic E-state index is 13.5. The minimum absolute atomic E-state index is 0.0675. The zero-order valence-electron chi connectivity index (χ0n) is 13.0. The smallest absolute Gasteiger partial charge is 0.244 e. The van der Waals surface area contributed by atoms with E-state index in [0.717, 1.165) is 0 Å². The fourth-order valence-electron chi connectivity index (χ4n) is 2.06. The lowest BCUT2D eigenvalue weighted by Crippen LogP contribution is -2.47. The quantitative estimate of drug-likeness (QED) is 0.872. The van der Waals surface area contributed by atoms with Gasteiger partial charge in [-0.05, 0) is 24.0 Å². The molecule has 116 valence electrons. The van der Waals surface area contributed by atoms with Gasteiger partial charge in [0.15, 0.2) is 0 Å². The van der Waals surface area contributed by atoms with Gasteiger partial charge in [0.2, 0.25) is 11.8 Å². The van der Waals surface area contributed by atoms with Crippen molar-refractivity contribution in [1.29, 1.82) is 0 Å². The molecule has 4 nitrogen and oxygen atoms in total. The first-order valence-electron chi connectivity index (χ1n) is 7.05. The van der Waals surface area contributed by atoms with E-state index in [2.05, 4.69) is 5.32 Å². The van der Waals surface area contributed by atoms with Crippen LogP contribution in [0.5, 0.6) is 0 Å². The number of carbonyl (C=O) groups excluding carboxylic acids is 2. The summed E-state index contributed by atoms with van der Waals surface area (Å²) in [5.74, 6) is -0.633. The Hall–Kier alpha value is -1.91. The second-order valence-corrected chi connectivity index (χ2v) is 5.75. The average molecular weight is 294 g/mol. The summed E-state index contributed by atoms with van der Waals surface area (Å²) in [4.78, 5) is 25.6. The third-order valence-electron chi connectivity index (χ3n) is 3.09. The molecule has 1 rings (SSSR count). The molecule has 0 heterocycles. The first-order valence-corrected chi connectivity index (χ1v) is 7.05. The summed E-state index contributed by atoms with van der Waals surface area (Å²) < 4.78 is 13.5. The first kappa shape index (κ1) is 17.1. The fourth-order valence-corrected chi connectivity index (χ4v) is 2.06. The van der Waals surface area contributed by atoms with Crippen molar-refractivity contribution in [2.24, 2.45) is 5.92 Å². The third-order valence-corrected chi connectivity index (χ3v) is 3.09. The highest BCUT2D eigenvalue weighted by Crippen LogP contribution is 2.10. The lowest BCUT2D eigenvalue weighted by molar-refractivity contribution is -0.134. The molecule has 0 fully saturated rings. The number of hydrogen-bond acceptors (Lipinski definition) is 2. The molecule has 5 heteroatoms. The van der Waals surface area contributed by atoms with Crippen molar-refractivity contribution < 1.29 is 14.0 Å². The van der Waals surface area contributed by atoms with Crippen LogP contribution < -0.4 is 5.32 Å². The van der Waals surface area contributed by atoms with E-state index in [4.69, 9.17) is 0 Å². The second kappa shape index (κ2) is 7.76. The Balaban J connectivity index is 2.72. The average Bonchev–Trinajstić information content (AvgIpc) is 2.39. The topological polar surface area (TPSA) is 49.4 Å². The van der Waals surface area contributed by atoms with Gasteiger partial charge in [0.05, 0.1) is 6.42 Å². The second-order valence-electron chi connectivity index (χ2n) is 5.75. The van der Waals surface area contributed by atoms with Crippen molar-refractivity contribution in [3.8, 4) is 0 Å². The van der Waals surface area contributed by atoms with Crippen LogP contribution in [0, 0.1) is 11.7 Å². The minimum atomic E-state index is -0.570. The van der Waals surface area contributed by atoms with Crippen LogP contribution in [0.15, 0.2) is 24.3 Å². The summed E-state index contributed by atoms with van der Waals surface area (Å²) in [5.41, 5.74) is 0.329. The summed E-state index contributed by atoms with van der Waals surface area (Å²) in [6.07, 6.45) is 0.488. The molecule has 1 atom stereocenters. The number of nitrogens with one attached hydrogen (secondary N) is 1. The largest absolute Gasteiger partial charge is 0.347 e. The predicted molar refractivity (Wildman–Crippen MR) is 80.2 cm³/mol. The summed E-state index contributed by atoms with van der Waals surface area (Å²) in [7, 11) is 3.30. The Bertz CT molecular complexity index is 501. The van der Waals surface area contributed by atoms with E-state index < -0.39 is 11.9 Å². The van der Waals surface area contributed by atoms with Crippen LogP contribution >= 0.6 is 0 Å². The molecular formula is C16H23FN2O2. The molecule has 0 saturated heterocycles. The van der Waals surface area contributed by atoms with Gasteiger partial charge in [-0.15, -0.1) is 0 Å². The molecule has 0 aromatic heterocycles. The summed E-state index contributed by atoms with van der Waals surface area (Å²) in [6.45, 7) is 3.97. The molecule has 21 heavy (non-hydrogen) atoms. The highest BCUT2D eigenvalue weighted by Gasteiger charge is 2.23. The predicted octanol–water partition coefficient (Wildman–Crippen LogP) is 1.99. The van der Waals surface area contributed by atoms with E-state index in [1.807, 2.05) is 13.8 Å².